The van der Waals surface area contributed by atoms with Gasteiger partial charge in [0.25, 0.3) is 0 Å². The lowest BCUT2D eigenvalue weighted by Gasteiger charge is -2.26. The Hall–Kier alpha value is -2.49. The molecule has 9 heteroatoms. The van der Waals surface area contributed by atoms with Crippen LogP contribution in [0.1, 0.15) is 5.56 Å². The number of nitrogens with zero attached hydrogens (tertiary/aromatic N) is 1. The summed E-state index contributed by atoms with van der Waals surface area (Å²) in [6.45, 7) is 2.00. The van der Waals surface area contributed by atoms with E-state index in [4.69, 9.17) is 19.9 Å². The fourth-order valence-electron chi connectivity index (χ4n) is 2.99. The summed E-state index contributed by atoms with van der Waals surface area (Å²) in [4.78, 5) is 0.184. The predicted octanol–water partition coefficient (Wildman–Crippen LogP) is 1.92. The summed E-state index contributed by atoms with van der Waals surface area (Å²) in [6, 6.07) is 10.4. The summed E-state index contributed by atoms with van der Waals surface area (Å²) in [5.41, 5.74) is 8.11. The molecule has 2 aromatic rings. The molecule has 0 aromatic heterocycles. The highest BCUT2D eigenvalue weighted by Crippen LogP contribution is 2.29. The maximum absolute atomic E-state index is 12.7. The van der Waals surface area contributed by atoms with E-state index >= 15 is 0 Å². The van der Waals surface area contributed by atoms with E-state index in [1.807, 2.05) is 18.2 Å². The second kappa shape index (κ2) is 8.68. The Kier molecular flexibility index (Phi) is 6.28. The number of benzene rings is 2. The Bertz CT molecular complexity index is 927. The zero-order valence-corrected chi connectivity index (χ0v) is 16.8. The van der Waals surface area contributed by atoms with Crippen LogP contribution in [0.25, 0.3) is 0 Å². The molecule has 1 heterocycles. The van der Waals surface area contributed by atoms with Crippen LogP contribution in [0.2, 0.25) is 0 Å². The van der Waals surface area contributed by atoms with E-state index in [9.17, 15) is 8.42 Å². The molecule has 1 aliphatic rings. The smallest absolute Gasteiger partial charge is 0.243 e. The lowest BCUT2D eigenvalue weighted by molar-refractivity contribution is 0.0730. The number of anilines is 2. The van der Waals surface area contributed by atoms with Gasteiger partial charge >= 0.3 is 0 Å². The molecular weight excluding hydrogens is 382 g/mol. The molecule has 152 valence electrons. The molecule has 1 fully saturated rings. The summed E-state index contributed by atoms with van der Waals surface area (Å²) < 4.78 is 42.6. The number of ether oxygens (including phenoxy) is 3. The first-order valence-corrected chi connectivity index (χ1v) is 10.3. The number of hydrogen-bond acceptors (Lipinski definition) is 7. The monoisotopic (exact) mass is 407 g/mol. The van der Waals surface area contributed by atoms with Crippen molar-refractivity contribution < 1.29 is 22.6 Å². The molecule has 8 nitrogen and oxygen atoms in total. The van der Waals surface area contributed by atoms with Crippen molar-refractivity contribution in [2.75, 3.05) is 51.6 Å². The molecule has 0 unspecified atom stereocenters. The number of nitrogens with two attached hydrogens (primary N) is 1. The van der Waals surface area contributed by atoms with Gasteiger partial charge in [-0.25, -0.2) is 8.42 Å². The van der Waals surface area contributed by atoms with E-state index in [1.54, 1.807) is 26.4 Å². The minimum atomic E-state index is -3.57. The molecule has 28 heavy (non-hydrogen) atoms. The van der Waals surface area contributed by atoms with Crippen LogP contribution in [-0.2, 0) is 21.3 Å². The standard InChI is InChI=1S/C19H25N3O5S/c1-25-18-6-3-14(11-19(18)26-2)13-21-17-5-4-15(12-16(17)20)28(23,24)22-7-9-27-10-8-22/h3-6,11-12,21H,7-10,13,20H2,1-2H3. The Morgan fingerprint density at radius 1 is 1.07 bits per heavy atom. The van der Waals surface area contributed by atoms with Gasteiger partial charge in [0.15, 0.2) is 11.5 Å². The first-order chi connectivity index (χ1) is 13.5. The first kappa shape index (κ1) is 20.2. The van der Waals surface area contributed by atoms with Gasteiger partial charge in [0, 0.05) is 19.6 Å². The molecule has 0 amide bonds. The van der Waals surface area contributed by atoms with Crippen molar-refractivity contribution in [2.45, 2.75) is 11.4 Å². The number of morpholine rings is 1. The molecule has 0 saturated carbocycles. The largest absolute Gasteiger partial charge is 0.493 e. The van der Waals surface area contributed by atoms with Gasteiger partial charge in [-0.05, 0) is 35.9 Å². The topological polar surface area (TPSA) is 103 Å². The SMILES string of the molecule is COc1ccc(CNc2ccc(S(=O)(=O)N3CCOCC3)cc2N)cc1OC. The van der Waals surface area contributed by atoms with Crippen LogP contribution in [0.5, 0.6) is 11.5 Å². The van der Waals surface area contributed by atoms with Gasteiger partial charge in [-0.2, -0.15) is 4.31 Å². The fourth-order valence-corrected chi connectivity index (χ4v) is 4.43. The summed E-state index contributed by atoms with van der Waals surface area (Å²) >= 11 is 0. The van der Waals surface area contributed by atoms with Crippen molar-refractivity contribution in [1.82, 2.24) is 4.31 Å². The molecule has 3 rings (SSSR count). The minimum absolute atomic E-state index is 0.184. The lowest BCUT2D eigenvalue weighted by atomic mass is 10.2. The Morgan fingerprint density at radius 3 is 2.43 bits per heavy atom. The van der Waals surface area contributed by atoms with Crippen molar-refractivity contribution in [3.8, 4) is 11.5 Å². The number of nitrogens with one attached hydrogen (secondary N) is 1. The van der Waals surface area contributed by atoms with Crippen LogP contribution < -0.4 is 20.5 Å². The maximum Gasteiger partial charge on any atom is 0.243 e. The van der Waals surface area contributed by atoms with E-state index in [0.29, 0.717) is 55.7 Å². The quantitative estimate of drug-likeness (QED) is 0.676. The van der Waals surface area contributed by atoms with Crippen molar-refractivity contribution >= 4 is 21.4 Å². The molecule has 0 bridgehead atoms. The van der Waals surface area contributed by atoms with Gasteiger partial charge in [-0.3, -0.25) is 0 Å². The molecule has 0 radical (unpaired) electrons. The normalized spacial score (nSPS) is 15.2. The molecule has 1 aliphatic heterocycles. The Balaban J connectivity index is 1.72. The third-order valence-electron chi connectivity index (χ3n) is 4.56. The minimum Gasteiger partial charge on any atom is -0.493 e. The molecule has 0 atom stereocenters. The average molecular weight is 407 g/mol. The van der Waals surface area contributed by atoms with Gasteiger partial charge in [0.1, 0.15) is 0 Å². The molecule has 3 N–H and O–H groups in total. The van der Waals surface area contributed by atoms with Crippen LogP contribution in [-0.4, -0.2) is 53.2 Å². The number of methoxy groups -OCH3 is 2. The van der Waals surface area contributed by atoms with Gasteiger partial charge in [-0.1, -0.05) is 6.07 Å². The Morgan fingerprint density at radius 2 is 1.79 bits per heavy atom. The maximum atomic E-state index is 12.7. The molecular formula is C19H25N3O5S. The third-order valence-corrected chi connectivity index (χ3v) is 6.46. The van der Waals surface area contributed by atoms with E-state index in [2.05, 4.69) is 5.32 Å². The van der Waals surface area contributed by atoms with Crippen LogP contribution >= 0.6 is 0 Å². The first-order valence-electron chi connectivity index (χ1n) is 8.88. The average Bonchev–Trinajstić information content (AvgIpc) is 2.73. The summed E-state index contributed by atoms with van der Waals surface area (Å²) in [7, 11) is -0.400. The molecule has 0 spiro atoms. The Labute approximate surface area is 165 Å². The van der Waals surface area contributed by atoms with Gasteiger partial charge < -0.3 is 25.3 Å². The summed E-state index contributed by atoms with van der Waals surface area (Å²) in [6.07, 6.45) is 0. The van der Waals surface area contributed by atoms with Crippen molar-refractivity contribution in [3.05, 3.63) is 42.0 Å². The summed E-state index contributed by atoms with van der Waals surface area (Å²) in [5.74, 6) is 1.30. The zero-order chi connectivity index (χ0) is 20.1. The zero-order valence-electron chi connectivity index (χ0n) is 16.0. The molecule has 2 aromatic carbocycles. The number of nitrogen functional groups attached to an aromatic ring is 1. The second-order valence-corrected chi connectivity index (χ2v) is 8.25. The number of sulfonamides is 1. The lowest BCUT2D eigenvalue weighted by Crippen LogP contribution is -2.40. The van der Waals surface area contributed by atoms with Crippen LogP contribution in [0.15, 0.2) is 41.3 Å². The highest BCUT2D eigenvalue weighted by Gasteiger charge is 2.26. The van der Waals surface area contributed by atoms with Crippen molar-refractivity contribution in [2.24, 2.45) is 0 Å². The summed E-state index contributed by atoms with van der Waals surface area (Å²) in [5, 5.41) is 3.23. The molecule has 0 aliphatic carbocycles. The van der Waals surface area contributed by atoms with Crippen LogP contribution in [0.3, 0.4) is 0 Å². The highest BCUT2D eigenvalue weighted by atomic mass is 32.2. The van der Waals surface area contributed by atoms with Crippen molar-refractivity contribution in [1.29, 1.82) is 0 Å². The van der Waals surface area contributed by atoms with Gasteiger partial charge in [0.05, 0.1) is 43.7 Å². The number of rotatable bonds is 7. The molecule has 1 saturated heterocycles. The van der Waals surface area contributed by atoms with E-state index in [1.165, 1.54) is 10.4 Å². The van der Waals surface area contributed by atoms with Gasteiger partial charge in [-0.15, -0.1) is 0 Å². The highest BCUT2D eigenvalue weighted by molar-refractivity contribution is 7.89. The van der Waals surface area contributed by atoms with Crippen LogP contribution in [0, 0.1) is 0 Å². The predicted molar refractivity (Wildman–Crippen MR) is 107 cm³/mol. The fraction of sp³-hybridized carbons (Fsp3) is 0.368. The second-order valence-electron chi connectivity index (χ2n) is 6.31. The van der Waals surface area contributed by atoms with Gasteiger partial charge in [0.2, 0.25) is 10.0 Å². The van der Waals surface area contributed by atoms with Crippen molar-refractivity contribution in [3.63, 3.8) is 0 Å². The van der Waals surface area contributed by atoms with Crippen LogP contribution in [0.4, 0.5) is 11.4 Å². The van der Waals surface area contributed by atoms with E-state index in [-0.39, 0.29) is 4.90 Å². The van der Waals surface area contributed by atoms with E-state index < -0.39 is 10.0 Å². The third kappa shape index (κ3) is 4.32. The number of hydrogen-bond donors (Lipinski definition) is 2. The van der Waals surface area contributed by atoms with E-state index in [0.717, 1.165) is 5.56 Å².